The van der Waals surface area contributed by atoms with Crippen molar-refractivity contribution in [1.29, 1.82) is 0 Å². The van der Waals surface area contributed by atoms with E-state index in [1.807, 2.05) is 0 Å². The number of hydrogen-bond acceptors (Lipinski definition) is 3. The van der Waals surface area contributed by atoms with Gasteiger partial charge in [-0.3, -0.25) is 4.79 Å². The van der Waals surface area contributed by atoms with E-state index in [4.69, 9.17) is 5.11 Å². The van der Waals surface area contributed by atoms with Crippen molar-refractivity contribution in [2.24, 2.45) is 0 Å². The maximum absolute atomic E-state index is 10.2. The fourth-order valence-electron chi connectivity index (χ4n) is 1.30. The summed E-state index contributed by atoms with van der Waals surface area (Å²) in [5.74, 6) is -0.738. The Balaban J connectivity index is 3.28. The van der Waals surface area contributed by atoms with E-state index in [1.165, 1.54) is 6.42 Å². The summed E-state index contributed by atoms with van der Waals surface area (Å²) < 4.78 is 0. The first kappa shape index (κ1) is 13.4. The lowest BCUT2D eigenvalue weighted by Crippen LogP contribution is -2.33. The maximum Gasteiger partial charge on any atom is 0.304 e. The summed E-state index contributed by atoms with van der Waals surface area (Å²) in [6.07, 6.45) is 1.38. The van der Waals surface area contributed by atoms with Crippen LogP contribution in [-0.2, 0) is 4.79 Å². The average Bonchev–Trinajstić information content (AvgIpc) is 2.15. The molecule has 0 bridgehead atoms. The van der Waals surface area contributed by atoms with E-state index in [1.54, 1.807) is 0 Å². The number of aliphatic carboxylic acids is 1. The lowest BCUT2D eigenvalue weighted by molar-refractivity contribution is -0.136. The topological polar surface area (TPSA) is 52.6 Å². The summed E-state index contributed by atoms with van der Waals surface area (Å²) in [6.45, 7) is 8.95. The summed E-state index contributed by atoms with van der Waals surface area (Å²) in [6, 6.07) is 0. The third kappa shape index (κ3) is 8.01. The van der Waals surface area contributed by atoms with Crippen molar-refractivity contribution >= 4 is 5.97 Å². The second-order valence-corrected chi connectivity index (χ2v) is 3.33. The first-order valence-corrected chi connectivity index (χ1v) is 5.35. The molecule has 0 saturated heterocycles. The number of nitrogens with zero attached hydrogens (tertiary/aromatic N) is 1. The van der Waals surface area contributed by atoms with Gasteiger partial charge in [-0.1, -0.05) is 13.8 Å². The molecule has 0 radical (unpaired) electrons. The zero-order valence-electron chi connectivity index (χ0n) is 9.25. The van der Waals surface area contributed by atoms with Gasteiger partial charge in [0.25, 0.3) is 0 Å². The molecule has 0 spiro atoms. The number of carboxylic acids is 1. The molecule has 0 aromatic carbocycles. The summed E-state index contributed by atoms with van der Waals surface area (Å²) in [4.78, 5) is 12.6. The first-order valence-electron chi connectivity index (χ1n) is 5.35. The molecule has 0 aliphatic rings. The largest absolute Gasteiger partial charge is 0.481 e. The highest BCUT2D eigenvalue weighted by molar-refractivity contribution is 5.66. The van der Waals surface area contributed by atoms with E-state index in [0.29, 0.717) is 6.54 Å². The van der Waals surface area contributed by atoms with E-state index in [-0.39, 0.29) is 6.42 Å². The maximum atomic E-state index is 10.2. The number of nitrogens with one attached hydrogen (secondary N) is 1. The summed E-state index contributed by atoms with van der Waals surface area (Å²) in [7, 11) is 0. The lowest BCUT2D eigenvalue weighted by Gasteiger charge is -2.19. The predicted molar refractivity (Wildman–Crippen MR) is 57.5 cm³/mol. The SMILES string of the molecule is CCCN(CC)CCNCCC(=O)O. The Morgan fingerprint density at radius 3 is 2.50 bits per heavy atom. The van der Waals surface area contributed by atoms with Crippen LogP contribution in [0.25, 0.3) is 0 Å². The number of rotatable bonds is 9. The Hall–Kier alpha value is -0.610. The van der Waals surface area contributed by atoms with E-state index in [2.05, 4.69) is 24.1 Å². The van der Waals surface area contributed by atoms with E-state index >= 15 is 0 Å². The molecule has 0 fully saturated rings. The molecule has 0 saturated carbocycles. The quantitative estimate of drug-likeness (QED) is 0.543. The van der Waals surface area contributed by atoms with Crippen LogP contribution >= 0.6 is 0 Å². The minimum absolute atomic E-state index is 0.208. The Labute approximate surface area is 86.3 Å². The molecule has 0 heterocycles. The van der Waals surface area contributed by atoms with Crippen LogP contribution in [0.15, 0.2) is 0 Å². The van der Waals surface area contributed by atoms with Crippen molar-refractivity contribution in [2.45, 2.75) is 26.7 Å². The zero-order chi connectivity index (χ0) is 10.8. The van der Waals surface area contributed by atoms with Gasteiger partial charge < -0.3 is 15.3 Å². The van der Waals surface area contributed by atoms with Gasteiger partial charge in [0.2, 0.25) is 0 Å². The smallest absolute Gasteiger partial charge is 0.304 e. The fraction of sp³-hybridized carbons (Fsp3) is 0.900. The minimum Gasteiger partial charge on any atom is -0.481 e. The van der Waals surface area contributed by atoms with Crippen LogP contribution in [0.3, 0.4) is 0 Å². The molecule has 0 aromatic heterocycles. The van der Waals surface area contributed by atoms with Crippen molar-refractivity contribution in [3.63, 3.8) is 0 Å². The standard InChI is InChI=1S/C10H22N2O2/c1-3-8-12(4-2)9-7-11-6-5-10(13)14/h11H,3-9H2,1-2H3,(H,13,14). The molecule has 0 aromatic rings. The fourth-order valence-corrected chi connectivity index (χ4v) is 1.30. The molecular formula is C10H22N2O2. The van der Waals surface area contributed by atoms with Crippen molar-refractivity contribution in [3.8, 4) is 0 Å². The third-order valence-corrected chi connectivity index (χ3v) is 2.11. The predicted octanol–water partition coefficient (Wildman–Crippen LogP) is 0.783. The van der Waals surface area contributed by atoms with Crippen LogP contribution in [0.4, 0.5) is 0 Å². The molecule has 0 aliphatic carbocycles. The normalized spacial score (nSPS) is 10.8. The minimum atomic E-state index is -0.738. The van der Waals surface area contributed by atoms with Gasteiger partial charge in [-0.15, -0.1) is 0 Å². The molecule has 4 nitrogen and oxygen atoms in total. The van der Waals surface area contributed by atoms with Gasteiger partial charge >= 0.3 is 5.97 Å². The Kier molecular flexibility index (Phi) is 8.57. The lowest BCUT2D eigenvalue weighted by atomic mass is 10.4. The van der Waals surface area contributed by atoms with Crippen LogP contribution in [0, 0.1) is 0 Å². The van der Waals surface area contributed by atoms with Gasteiger partial charge in [0.1, 0.15) is 0 Å². The number of carbonyl (C=O) groups is 1. The highest BCUT2D eigenvalue weighted by Gasteiger charge is 2.00. The highest BCUT2D eigenvalue weighted by Crippen LogP contribution is 1.88. The monoisotopic (exact) mass is 202 g/mol. The molecule has 4 heteroatoms. The second-order valence-electron chi connectivity index (χ2n) is 3.33. The Bertz CT molecular complexity index is 151. The van der Waals surface area contributed by atoms with Gasteiger partial charge in [0.15, 0.2) is 0 Å². The van der Waals surface area contributed by atoms with Gasteiger partial charge in [-0.2, -0.15) is 0 Å². The molecule has 0 unspecified atom stereocenters. The van der Waals surface area contributed by atoms with Crippen LogP contribution < -0.4 is 5.32 Å². The molecular weight excluding hydrogens is 180 g/mol. The molecule has 14 heavy (non-hydrogen) atoms. The highest BCUT2D eigenvalue weighted by atomic mass is 16.4. The van der Waals surface area contributed by atoms with Crippen molar-refractivity contribution < 1.29 is 9.90 Å². The molecule has 0 rings (SSSR count). The third-order valence-electron chi connectivity index (χ3n) is 2.11. The van der Waals surface area contributed by atoms with Crippen LogP contribution in [0.1, 0.15) is 26.7 Å². The second kappa shape index (κ2) is 8.97. The zero-order valence-corrected chi connectivity index (χ0v) is 9.25. The molecule has 2 N–H and O–H groups in total. The number of hydrogen-bond donors (Lipinski definition) is 2. The molecule has 84 valence electrons. The van der Waals surface area contributed by atoms with E-state index < -0.39 is 5.97 Å². The van der Waals surface area contributed by atoms with Crippen LogP contribution in [0.5, 0.6) is 0 Å². The summed E-state index contributed by atoms with van der Waals surface area (Å²) in [5.41, 5.74) is 0. The Morgan fingerprint density at radius 1 is 1.29 bits per heavy atom. The van der Waals surface area contributed by atoms with Gasteiger partial charge in [0, 0.05) is 19.6 Å². The summed E-state index contributed by atoms with van der Waals surface area (Å²) in [5, 5.41) is 11.5. The van der Waals surface area contributed by atoms with Gasteiger partial charge in [-0.05, 0) is 19.5 Å². The molecule has 0 amide bonds. The van der Waals surface area contributed by atoms with E-state index in [9.17, 15) is 4.79 Å². The average molecular weight is 202 g/mol. The van der Waals surface area contributed by atoms with Crippen molar-refractivity contribution in [2.75, 3.05) is 32.7 Å². The van der Waals surface area contributed by atoms with E-state index in [0.717, 1.165) is 26.2 Å². The number of carboxylic acid groups (broad SMARTS) is 1. The van der Waals surface area contributed by atoms with Crippen LogP contribution in [0.2, 0.25) is 0 Å². The Morgan fingerprint density at radius 2 is 2.00 bits per heavy atom. The van der Waals surface area contributed by atoms with Gasteiger partial charge in [-0.25, -0.2) is 0 Å². The van der Waals surface area contributed by atoms with Crippen molar-refractivity contribution in [3.05, 3.63) is 0 Å². The first-order chi connectivity index (χ1) is 6.70. The number of likely N-dealkylation sites (N-methyl/N-ethyl adjacent to an activating group) is 1. The molecule has 0 atom stereocenters. The van der Waals surface area contributed by atoms with Crippen molar-refractivity contribution in [1.82, 2.24) is 10.2 Å². The van der Waals surface area contributed by atoms with Crippen LogP contribution in [-0.4, -0.2) is 48.7 Å². The van der Waals surface area contributed by atoms with Gasteiger partial charge in [0.05, 0.1) is 6.42 Å². The summed E-state index contributed by atoms with van der Waals surface area (Å²) >= 11 is 0. The molecule has 0 aliphatic heterocycles.